The zero-order chi connectivity index (χ0) is 13.5. The Kier molecular flexibility index (Phi) is 4.93. The molecule has 0 aromatic heterocycles. The summed E-state index contributed by atoms with van der Waals surface area (Å²) in [6.07, 6.45) is 4.25. The van der Waals surface area contributed by atoms with Crippen molar-refractivity contribution in [3.8, 4) is 0 Å². The zero-order valence-electron chi connectivity index (χ0n) is 11.5. The molecule has 19 heavy (non-hydrogen) atoms. The van der Waals surface area contributed by atoms with E-state index >= 15 is 0 Å². The highest BCUT2D eigenvalue weighted by Crippen LogP contribution is 2.20. The Morgan fingerprint density at radius 3 is 2.32 bits per heavy atom. The van der Waals surface area contributed by atoms with Crippen LogP contribution in [0.25, 0.3) is 6.08 Å². The monoisotopic (exact) mass is 252 g/mol. The summed E-state index contributed by atoms with van der Waals surface area (Å²) in [6.45, 7) is 4.83. The van der Waals surface area contributed by atoms with Crippen LogP contribution in [0.5, 0.6) is 0 Å². The molecule has 0 aliphatic heterocycles. The third kappa shape index (κ3) is 4.08. The predicted molar refractivity (Wildman–Crippen MR) is 81.0 cm³/mol. The average Bonchev–Trinajstić information content (AvgIpc) is 2.46. The van der Waals surface area contributed by atoms with Crippen LogP contribution in [-0.2, 0) is 4.74 Å². The van der Waals surface area contributed by atoms with Gasteiger partial charge in [0.05, 0.1) is 0 Å². The van der Waals surface area contributed by atoms with E-state index in [1.807, 2.05) is 25.1 Å². The Morgan fingerprint density at radius 1 is 1.00 bits per heavy atom. The minimum absolute atomic E-state index is 0.0193. The van der Waals surface area contributed by atoms with E-state index in [2.05, 4.69) is 55.5 Å². The Hall–Kier alpha value is -1.86. The molecule has 0 aliphatic carbocycles. The minimum atomic E-state index is 0.0193. The van der Waals surface area contributed by atoms with Crippen molar-refractivity contribution in [3.05, 3.63) is 77.4 Å². The van der Waals surface area contributed by atoms with E-state index < -0.39 is 0 Å². The Labute approximate surface area is 115 Å². The Bertz CT molecular complexity index is 511. The Balaban J connectivity index is 2.16. The van der Waals surface area contributed by atoms with Gasteiger partial charge in [-0.15, -0.1) is 0 Å². The van der Waals surface area contributed by atoms with Gasteiger partial charge in [-0.1, -0.05) is 72.3 Å². The van der Waals surface area contributed by atoms with E-state index in [4.69, 9.17) is 4.74 Å². The van der Waals surface area contributed by atoms with Crippen LogP contribution < -0.4 is 0 Å². The molecule has 1 atom stereocenters. The molecule has 0 bridgehead atoms. The van der Waals surface area contributed by atoms with Crippen molar-refractivity contribution in [2.45, 2.75) is 20.0 Å². The topological polar surface area (TPSA) is 9.23 Å². The van der Waals surface area contributed by atoms with Gasteiger partial charge in [-0.05, 0) is 25.0 Å². The second-order valence-electron chi connectivity index (χ2n) is 4.56. The van der Waals surface area contributed by atoms with Crippen molar-refractivity contribution in [2.24, 2.45) is 0 Å². The van der Waals surface area contributed by atoms with Crippen molar-refractivity contribution in [1.82, 2.24) is 0 Å². The van der Waals surface area contributed by atoms with Gasteiger partial charge >= 0.3 is 0 Å². The first-order chi connectivity index (χ1) is 9.29. The lowest BCUT2D eigenvalue weighted by molar-refractivity contribution is 0.0973. The summed E-state index contributed by atoms with van der Waals surface area (Å²) in [7, 11) is 0. The molecule has 0 N–H and O–H groups in total. The van der Waals surface area contributed by atoms with Crippen LogP contribution in [0.2, 0.25) is 0 Å². The fourth-order valence-electron chi connectivity index (χ4n) is 1.96. The summed E-state index contributed by atoms with van der Waals surface area (Å²) in [5, 5.41) is 0. The molecular weight excluding hydrogens is 232 g/mol. The van der Waals surface area contributed by atoms with Crippen LogP contribution >= 0.6 is 0 Å². The number of hydrogen-bond acceptors (Lipinski definition) is 1. The summed E-state index contributed by atoms with van der Waals surface area (Å²) < 4.78 is 5.80. The van der Waals surface area contributed by atoms with Gasteiger partial charge in [0.2, 0.25) is 0 Å². The number of benzene rings is 2. The van der Waals surface area contributed by atoms with E-state index in [-0.39, 0.29) is 6.10 Å². The van der Waals surface area contributed by atoms with Gasteiger partial charge in [-0.2, -0.15) is 0 Å². The molecular formula is C18H20O. The van der Waals surface area contributed by atoms with Crippen LogP contribution in [0, 0.1) is 6.92 Å². The van der Waals surface area contributed by atoms with Gasteiger partial charge < -0.3 is 4.74 Å². The molecule has 0 spiro atoms. The first-order valence-electron chi connectivity index (χ1n) is 6.71. The van der Waals surface area contributed by atoms with Gasteiger partial charge in [0.1, 0.15) is 6.10 Å². The molecule has 0 radical (unpaired) electrons. The number of aryl methyl sites for hydroxylation is 1. The molecule has 1 nitrogen and oxygen atoms in total. The van der Waals surface area contributed by atoms with E-state index in [9.17, 15) is 0 Å². The quantitative estimate of drug-likeness (QED) is 0.743. The summed E-state index contributed by atoms with van der Waals surface area (Å²) >= 11 is 0. The standard InChI is InChI=1S/C18H20O/c1-3-19-18(17-12-9-15(2)10-13-17)14-11-16-7-5-4-6-8-16/h4-14,18H,3H2,1-2H3/b14-11+. The normalized spacial score (nSPS) is 12.7. The molecule has 0 heterocycles. The highest BCUT2D eigenvalue weighted by Gasteiger charge is 2.06. The van der Waals surface area contributed by atoms with Gasteiger partial charge in [0, 0.05) is 6.61 Å². The van der Waals surface area contributed by atoms with Crippen LogP contribution in [0.4, 0.5) is 0 Å². The van der Waals surface area contributed by atoms with Gasteiger partial charge in [0.25, 0.3) is 0 Å². The summed E-state index contributed by atoms with van der Waals surface area (Å²) in [5.74, 6) is 0. The van der Waals surface area contributed by atoms with E-state index in [1.165, 1.54) is 16.7 Å². The molecule has 2 aromatic rings. The van der Waals surface area contributed by atoms with Crippen molar-refractivity contribution < 1.29 is 4.74 Å². The predicted octanol–water partition coefficient (Wildman–Crippen LogP) is 4.79. The van der Waals surface area contributed by atoms with Crippen LogP contribution in [-0.4, -0.2) is 6.61 Å². The molecule has 2 rings (SSSR count). The number of ether oxygens (including phenoxy) is 1. The Morgan fingerprint density at radius 2 is 1.68 bits per heavy atom. The second-order valence-corrected chi connectivity index (χ2v) is 4.56. The molecule has 0 saturated heterocycles. The maximum atomic E-state index is 5.80. The smallest absolute Gasteiger partial charge is 0.101 e. The molecule has 0 amide bonds. The summed E-state index contributed by atoms with van der Waals surface area (Å²) in [4.78, 5) is 0. The lowest BCUT2D eigenvalue weighted by Gasteiger charge is -2.13. The van der Waals surface area contributed by atoms with E-state index in [1.54, 1.807) is 0 Å². The second kappa shape index (κ2) is 6.91. The van der Waals surface area contributed by atoms with Gasteiger partial charge in [-0.25, -0.2) is 0 Å². The molecule has 0 aliphatic rings. The van der Waals surface area contributed by atoms with E-state index in [0.29, 0.717) is 6.61 Å². The van der Waals surface area contributed by atoms with Crippen molar-refractivity contribution >= 4 is 6.08 Å². The maximum absolute atomic E-state index is 5.80. The highest BCUT2D eigenvalue weighted by molar-refractivity contribution is 5.50. The zero-order valence-corrected chi connectivity index (χ0v) is 11.5. The fraction of sp³-hybridized carbons (Fsp3) is 0.222. The minimum Gasteiger partial charge on any atom is -0.370 e. The molecule has 0 fully saturated rings. The third-order valence-corrected chi connectivity index (χ3v) is 3.02. The van der Waals surface area contributed by atoms with Crippen molar-refractivity contribution in [2.75, 3.05) is 6.61 Å². The number of rotatable bonds is 5. The summed E-state index contributed by atoms with van der Waals surface area (Å²) in [6, 6.07) is 18.8. The number of hydrogen-bond donors (Lipinski definition) is 0. The first kappa shape index (κ1) is 13.6. The maximum Gasteiger partial charge on any atom is 0.101 e. The average molecular weight is 252 g/mol. The van der Waals surface area contributed by atoms with Crippen LogP contribution in [0.15, 0.2) is 60.7 Å². The molecule has 1 unspecified atom stereocenters. The fourth-order valence-corrected chi connectivity index (χ4v) is 1.96. The van der Waals surface area contributed by atoms with E-state index in [0.717, 1.165) is 0 Å². The van der Waals surface area contributed by atoms with Gasteiger partial charge in [0.15, 0.2) is 0 Å². The first-order valence-corrected chi connectivity index (χ1v) is 6.71. The molecule has 1 heteroatoms. The molecule has 0 saturated carbocycles. The third-order valence-electron chi connectivity index (χ3n) is 3.02. The van der Waals surface area contributed by atoms with Crippen molar-refractivity contribution in [1.29, 1.82) is 0 Å². The van der Waals surface area contributed by atoms with Crippen LogP contribution in [0.3, 0.4) is 0 Å². The van der Waals surface area contributed by atoms with Gasteiger partial charge in [-0.3, -0.25) is 0 Å². The van der Waals surface area contributed by atoms with Crippen molar-refractivity contribution in [3.63, 3.8) is 0 Å². The highest BCUT2D eigenvalue weighted by atomic mass is 16.5. The summed E-state index contributed by atoms with van der Waals surface area (Å²) in [5.41, 5.74) is 3.66. The molecule has 98 valence electrons. The van der Waals surface area contributed by atoms with Crippen LogP contribution in [0.1, 0.15) is 29.7 Å². The lowest BCUT2D eigenvalue weighted by atomic mass is 10.1. The largest absolute Gasteiger partial charge is 0.370 e. The lowest BCUT2D eigenvalue weighted by Crippen LogP contribution is -2.01. The molecule has 2 aromatic carbocycles. The SMILES string of the molecule is CCOC(/C=C/c1ccccc1)c1ccc(C)cc1.